The summed E-state index contributed by atoms with van der Waals surface area (Å²) in [5.41, 5.74) is 0. The molecule has 0 aromatic heterocycles. The van der Waals surface area contributed by atoms with E-state index in [4.69, 9.17) is 9.47 Å². The first kappa shape index (κ1) is 14.7. The Bertz CT molecular complexity index is 380. The van der Waals surface area contributed by atoms with Gasteiger partial charge in [-0.25, -0.2) is 0 Å². The zero-order valence-electron chi connectivity index (χ0n) is 12.3. The van der Waals surface area contributed by atoms with Gasteiger partial charge in [0.2, 0.25) is 12.3 Å². The van der Waals surface area contributed by atoms with Crippen LogP contribution < -0.4 is 0 Å². The molecule has 21 heavy (non-hydrogen) atoms. The number of carbonyl (C=O) groups excluding carboxylic acids is 2. The molecular formula is C14H23N3O4. The van der Waals surface area contributed by atoms with Crippen LogP contribution in [-0.4, -0.2) is 91.8 Å². The van der Waals surface area contributed by atoms with Gasteiger partial charge in [-0.2, -0.15) is 0 Å². The predicted molar refractivity (Wildman–Crippen MR) is 74.5 cm³/mol. The predicted octanol–water partition coefficient (Wildman–Crippen LogP) is -0.874. The van der Waals surface area contributed by atoms with Gasteiger partial charge in [0.25, 0.3) is 0 Å². The number of piperazine rings is 1. The molecule has 118 valence electrons. The fourth-order valence-electron chi connectivity index (χ4n) is 3.21. The first-order chi connectivity index (χ1) is 10.2. The number of amides is 2. The summed E-state index contributed by atoms with van der Waals surface area (Å²) in [5.74, 6) is -0.223. The van der Waals surface area contributed by atoms with Crippen molar-refractivity contribution in [3.63, 3.8) is 0 Å². The molecule has 0 N–H and O–H groups in total. The summed E-state index contributed by atoms with van der Waals surface area (Å²) in [4.78, 5) is 28.7. The number of hydrogen-bond donors (Lipinski definition) is 0. The SMILES string of the molecule is O=CN1CCN(C(=O)CN2CCC3(CC2)OCCO3)CC1. The van der Waals surface area contributed by atoms with Crippen molar-refractivity contribution in [1.82, 2.24) is 14.7 Å². The molecule has 0 atom stereocenters. The highest BCUT2D eigenvalue weighted by Gasteiger charge is 2.40. The number of rotatable bonds is 3. The summed E-state index contributed by atoms with van der Waals surface area (Å²) in [6.45, 7) is 6.04. The van der Waals surface area contributed by atoms with Gasteiger partial charge in [-0.15, -0.1) is 0 Å². The van der Waals surface area contributed by atoms with E-state index in [9.17, 15) is 9.59 Å². The average molecular weight is 297 g/mol. The van der Waals surface area contributed by atoms with E-state index in [1.807, 2.05) is 4.90 Å². The van der Waals surface area contributed by atoms with E-state index in [0.29, 0.717) is 45.9 Å². The monoisotopic (exact) mass is 297 g/mol. The maximum absolute atomic E-state index is 12.3. The third-order valence-electron chi connectivity index (χ3n) is 4.61. The topological polar surface area (TPSA) is 62.3 Å². The summed E-state index contributed by atoms with van der Waals surface area (Å²) in [5, 5.41) is 0. The standard InChI is InChI=1S/C14H23N3O4/c18-12-16-5-7-17(8-6-16)13(19)11-15-3-1-14(2-4-15)20-9-10-21-14/h12H,1-11H2. The zero-order chi connectivity index (χ0) is 14.7. The largest absolute Gasteiger partial charge is 0.347 e. The molecule has 3 aliphatic heterocycles. The van der Waals surface area contributed by atoms with Gasteiger partial charge >= 0.3 is 0 Å². The Kier molecular flexibility index (Phi) is 4.42. The smallest absolute Gasteiger partial charge is 0.236 e. The molecule has 7 heteroatoms. The van der Waals surface area contributed by atoms with Crippen LogP contribution in [0.15, 0.2) is 0 Å². The molecule has 0 aliphatic carbocycles. The van der Waals surface area contributed by atoms with Crippen molar-refractivity contribution in [2.24, 2.45) is 0 Å². The van der Waals surface area contributed by atoms with Crippen LogP contribution >= 0.6 is 0 Å². The molecule has 3 saturated heterocycles. The van der Waals surface area contributed by atoms with Gasteiger partial charge in [0.15, 0.2) is 5.79 Å². The first-order valence-electron chi connectivity index (χ1n) is 7.68. The second kappa shape index (κ2) is 6.29. The Balaban J connectivity index is 1.43. The average Bonchev–Trinajstić information content (AvgIpc) is 2.98. The molecule has 3 heterocycles. The fourth-order valence-corrected chi connectivity index (χ4v) is 3.21. The molecular weight excluding hydrogens is 274 g/mol. The molecule has 0 aromatic carbocycles. The quantitative estimate of drug-likeness (QED) is 0.634. The van der Waals surface area contributed by atoms with Gasteiger partial charge < -0.3 is 19.3 Å². The van der Waals surface area contributed by atoms with Crippen LogP contribution in [0.3, 0.4) is 0 Å². The van der Waals surface area contributed by atoms with Crippen molar-refractivity contribution in [3.8, 4) is 0 Å². The molecule has 1 spiro atoms. The number of ether oxygens (including phenoxy) is 2. The lowest BCUT2D eigenvalue weighted by Gasteiger charge is -2.38. The van der Waals surface area contributed by atoms with Crippen LogP contribution in [0, 0.1) is 0 Å². The normalized spacial score (nSPS) is 26.3. The second-order valence-electron chi connectivity index (χ2n) is 5.91. The van der Waals surface area contributed by atoms with Crippen LogP contribution in [-0.2, 0) is 19.1 Å². The third kappa shape index (κ3) is 3.36. The summed E-state index contributed by atoms with van der Waals surface area (Å²) in [6, 6.07) is 0. The maximum atomic E-state index is 12.3. The second-order valence-corrected chi connectivity index (χ2v) is 5.91. The van der Waals surface area contributed by atoms with Crippen molar-refractivity contribution < 1.29 is 19.1 Å². The van der Waals surface area contributed by atoms with Crippen molar-refractivity contribution in [2.45, 2.75) is 18.6 Å². The van der Waals surface area contributed by atoms with Crippen molar-refractivity contribution in [1.29, 1.82) is 0 Å². The van der Waals surface area contributed by atoms with Crippen molar-refractivity contribution in [3.05, 3.63) is 0 Å². The van der Waals surface area contributed by atoms with Gasteiger partial charge in [0.1, 0.15) is 0 Å². The number of carbonyl (C=O) groups is 2. The maximum Gasteiger partial charge on any atom is 0.236 e. The van der Waals surface area contributed by atoms with Crippen molar-refractivity contribution in [2.75, 3.05) is 59.0 Å². The molecule has 0 aromatic rings. The van der Waals surface area contributed by atoms with Gasteiger partial charge in [-0.05, 0) is 0 Å². The molecule has 3 rings (SSSR count). The molecule has 3 fully saturated rings. The van der Waals surface area contributed by atoms with E-state index >= 15 is 0 Å². The van der Waals surface area contributed by atoms with Crippen LogP contribution in [0.4, 0.5) is 0 Å². The molecule has 0 radical (unpaired) electrons. The van der Waals surface area contributed by atoms with E-state index in [1.54, 1.807) is 4.90 Å². The number of nitrogens with zero attached hydrogens (tertiary/aromatic N) is 3. The van der Waals surface area contributed by atoms with E-state index < -0.39 is 0 Å². The third-order valence-corrected chi connectivity index (χ3v) is 4.61. The minimum atomic E-state index is -0.380. The zero-order valence-corrected chi connectivity index (χ0v) is 12.3. The van der Waals surface area contributed by atoms with Gasteiger partial charge in [-0.1, -0.05) is 0 Å². The highest BCUT2D eigenvalue weighted by atomic mass is 16.7. The molecule has 3 aliphatic rings. The highest BCUT2D eigenvalue weighted by Crippen LogP contribution is 2.31. The first-order valence-corrected chi connectivity index (χ1v) is 7.68. The number of likely N-dealkylation sites (tertiary alicyclic amines) is 1. The minimum absolute atomic E-state index is 0.157. The lowest BCUT2D eigenvalue weighted by atomic mass is 10.0. The van der Waals surface area contributed by atoms with Crippen LogP contribution in [0.5, 0.6) is 0 Å². The number of piperidine rings is 1. The highest BCUT2D eigenvalue weighted by molar-refractivity contribution is 5.78. The van der Waals surface area contributed by atoms with E-state index in [2.05, 4.69) is 4.90 Å². The van der Waals surface area contributed by atoms with Crippen molar-refractivity contribution >= 4 is 12.3 Å². The fraction of sp³-hybridized carbons (Fsp3) is 0.857. The molecule has 0 bridgehead atoms. The Labute approximate surface area is 124 Å². The van der Waals surface area contributed by atoms with E-state index in [1.165, 1.54) is 0 Å². The Morgan fingerprint density at radius 2 is 1.62 bits per heavy atom. The van der Waals surface area contributed by atoms with Crippen LogP contribution in [0.2, 0.25) is 0 Å². The Morgan fingerprint density at radius 1 is 1.00 bits per heavy atom. The van der Waals surface area contributed by atoms with E-state index in [0.717, 1.165) is 32.3 Å². The lowest BCUT2D eigenvalue weighted by molar-refractivity contribution is -0.186. The molecule has 0 saturated carbocycles. The lowest BCUT2D eigenvalue weighted by Crippen LogP contribution is -2.52. The molecule has 7 nitrogen and oxygen atoms in total. The van der Waals surface area contributed by atoms with Gasteiger partial charge in [0, 0.05) is 52.1 Å². The molecule has 0 unspecified atom stereocenters. The summed E-state index contributed by atoms with van der Waals surface area (Å²) >= 11 is 0. The van der Waals surface area contributed by atoms with E-state index in [-0.39, 0.29) is 11.7 Å². The van der Waals surface area contributed by atoms with Crippen LogP contribution in [0.1, 0.15) is 12.8 Å². The summed E-state index contributed by atoms with van der Waals surface area (Å²) in [6.07, 6.45) is 2.52. The minimum Gasteiger partial charge on any atom is -0.347 e. The number of hydrogen-bond acceptors (Lipinski definition) is 5. The van der Waals surface area contributed by atoms with Gasteiger partial charge in [0.05, 0.1) is 19.8 Å². The molecule has 2 amide bonds. The summed E-state index contributed by atoms with van der Waals surface area (Å²) in [7, 11) is 0. The van der Waals surface area contributed by atoms with Crippen LogP contribution in [0.25, 0.3) is 0 Å². The Morgan fingerprint density at radius 3 is 2.19 bits per heavy atom. The Hall–Kier alpha value is -1.18. The summed E-state index contributed by atoms with van der Waals surface area (Å²) < 4.78 is 11.4. The van der Waals surface area contributed by atoms with Gasteiger partial charge in [-0.3, -0.25) is 14.5 Å².